The van der Waals surface area contributed by atoms with Gasteiger partial charge in [0.25, 0.3) is 0 Å². The van der Waals surface area contributed by atoms with E-state index in [-0.39, 0.29) is 0 Å². The normalized spacial score (nSPS) is 11.4. The van der Waals surface area contributed by atoms with E-state index in [0.29, 0.717) is 54.4 Å². The minimum atomic E-state index is -1.82. The number of hydrogen-bond donors (Lipinski definition) is 3. The molecule has 0 aliphatic carbocycles. The summed E-state index contributed by atoms with van der Waals surface area (Å²) >= 11 is 0. The van der Waals surface area contributed by atoms with E-state index in [9.17, 15) is 5.11 Å². The second-order valence-corrected chi connectivity index (χ2v) is 8.14. The average molecular weight is 520 g/mol. The molecule has 3 N–H and O–H groups in total. The van der Waals surface area contributed by atoms with Crippen LogP contribution < -0.4 is 18.9 Å². The van der Waals surface area contributed by atoms with Gasteiger partial charge in [0.15, 0.2) is 11.3 Å². The average Bonchev–Trinajstić information content (AvgIpc) is 3.36. The Morgan fingerprint density at radius 1 is 0.919 bits per heavy atom. The van der Waals surface area contributed by atoms with Gasteiger partial charge in [-0.3, -0.25) is 0 Å². The van der Waals surface area contributed by atoms with E-state index in [0.717, 1.165) is 16.7 Å². The summed E-state index contributed by atoms with van der Waals surface area (Å²) in [5.41, 5.74) is 2.20. The Balaban J connectivity index is 0.000000717. The molecule has 3 rings (SSSR count). The van der Waals surface area contributed by atoms with E-state index in [4.69, 9.17) is 43.2 Å². The second-order valence-electron chi connectivity index (χ2n) is 8.14. The SMILES string of the molecule is COc1ccc(CCC(O)c2c(OCCN(C)C)c(OC)c3occc3c2OC)cc1.O=C(O)C(=O)O. The van der Waals surface area contributed by atoms with Crippen molar-refractivity contribution < 1.29 is 48.3 Å². The number of benzene rings is 2. The highest BCUT2D eigenvalue weighted by molar-refractivity contribution is 6.27. The number of rotatable bonds is 11. The number of carboxylic acid groups (broad SMARTS) is 2. The number of carboxylic acids is 2. The van der Waals surface area contributed by atoms with Crippen LogP contribution in [0.3, 0.4) is 0 Å². The van der Waals surface area contributed by atoms with Crippen molar-refractivity contribution in [3.05, 3.63) is 47.7 Å². The highest BCUT2D eigenvalue weighted by Gasteiger charge is 2.29. The van der Waals surface area contributed by atoms with Crippen LogP contribution in [0.4, 0.5) is 0 Å². The van der Waals surface area contributed by atoms with Crippen LogP contribution in [0.25, 0.3) is 11.0 Å². The fourth-order valence-electron chi connectivity index (χ4n) is 3.56. The van der Waals surface area contributed by atoms with Crippen LogP contribution in [-0.2, 0) is 16.0 Å². The van der Waals surface area contributed by atoms with Crippen LogP contribution >= 0.6 is 0 Å². The zero-order valence-electron chi connectivity index (χ0n) is 21.5. The number of furan rings is 1. The molecule has 0 saturated heterocycles. The minimum Gasteiger partial charge on any atom is -0.497 e. The van der Waals surface area contributed by atoms with Gasteiger partial charge in [-0.2, -0.15) is 0 Å². The zero-order chi connectivity index (χ0) is 27.5. The predicted octanol–water partition coefficient (Wildman–Crippen LogP) is 3.22. The molecule has 0 amide bonds. The maximum absolute atomic E-state index is 11.2. The molecule has 11 heteroatoms. The summed E-state index contributed by atoms with van der Waals surface area (Å²) in [7, 11) is 8.74. The van der Waals surface area contributed by atoms with Crippen LogP contribution in [0.2, 0.25) is 0 Å². The van der Waals surface area contributed by atoms with Crippen LogP contribution in [-0.4, -0.2) is 80.7 Å². The summed E-state index contributed by atoms with van der Waals surface area (Å²) in [5, 5.41) is 26.7. The Bertz CT molecular complexity index is 1160. The Morgan fingerprint density at radius 3 is 2.05 bits per heavy atom. The quantitative estimate of drug-likeness (QED) is 0.321. The molecule has 11 nitrogen and oxygen atoms in total. The van der Waals surface area contributed by atoms with Gasteiger partial charge in [-0.05, 0) is 50.7 Å². The van der Waals surface area contributed by atoms with Crippen molar-refractivity contribution in [2.45, 2.75) is 18.9 Å². The highest BCUT2D eigenvalue weighted by Crippen LogP contribution is 2.49. The zero-order valence-corrected chi connectivity index (χ0v) is 21.5. The number of aliphatic hydroxyl groups is 1. The molecule has 0 saturated carbocycles. The van der Waals surface area contributed by atoms with E-state index >= 15 is 0 Å². The molecule has 37 heavy (non-hydrogen) atoms. The van der Waals surface area contributed by atoms with Crippen molar-refractivity contribution in [3.8, 4) is 23.0 Å². The number of aliphatic carboxylic acids is 2. The van der Waals surface area contributed by atoms with Crippen molar-refractivity contribution >= 4 is 22.9 Å². The Hall–Kier alpha value is -3.96. The molecule has 3 aromatic rings. The highest BCUT2D eigenvalue weighted by atomic mass is 16.5. The molecule has 1 aromatic heterocycles. The standard InChI is InChI=1S/C24H31NO6.C2H2O4/c1-25(2)13-15-31-23-20(19(26)11-8-16-6-9-17(27-3)10-7-16)21(28-4)18-12-14-30-22(18)24(23)29-5;3-1(4)2(5)6/h6-7,9-10,12,14,19,26H,8,11,13,15H2,1-5H3;(H,3,4)(H,5,6). The first-order valence-electron chi connectivity index (χ1n) is 11.3. The lowest BCUT2D eigenvalue weighted by Gasteiger charge is -2.22. The summed E-state index contributed by atoms with van der Waals surface area (Å²) in [6, 6.07) is 9.63. The molecule has 0 radical (unpaired) electrons. The fourth-order valence-corrected chi connectivity index (χ4v) is 3.56. The number of carbonyl (C=O) groups is 2. The lowest BCUT2D eigenvalue weighted by Crippen LogP contribution is -2.20. The Morgan fingerprint density at radius 2 is 1.54 bits per heavy atom. The number of fused-ring (bicyclic) bond motifs is 1. The molecule has 0 bridgehead atoms. The molecule has 1 heterocycles. The molecular formula is C26H33NO10. The molecule has 0 spiro atoms. The van der Waals surface area contributed by atoms with E-state index in [2.05, 4.69) is 0 Å². The van der Waals surface area contributed by atoms with Gasteiger partial charge < -0.3 is 43.6 Å². The van der Waals surface area contributed by atoms with Crippen molar-refractivity contribution in [2.24, 2.45) is 0 Å². The molecule has 1 unspecified atom stereocenters. The second kappa shape index (κ2) is 14.0. The van der Waals surface area contributed by atoms with Crippen LogP contribution in [0.5, 0.6) is 23.0 Å². The summed E-state index contributed by atoms with van der Waals surface area (Å²) < 4.78 is 28.3. The summed E-state index contributed by atoms with van der Waals surface area (Å²) in [4.78, 5) is 20.2. The third-order valence-electron chi connectivity index (χ3n) is 5.39. The molecular weight excluding hydrogens is 486 g/mol. The van der Waals surface area contributed by atoms with Crippen molar-refractivity contribution in [1.29, 1.82) is 0 Å². The van der Waals surface area contributed by atoms with Gasteiger partial charge in [0.05, 0.1) is 44.6 Å². The summed E-state index contributed by atoms with van der Waals surface area (Å²) in [6.07, 6.45) is 1.92. The molecule has 0 aliphatic rings. The Labute approximate surface area is 214 Å². The predicted molar refractivity (Wildman–Crippen MR) is 135 cm³/mol. The molecule has 2 aromatic carbocycles. The van der Waals surface area contributed by atoms with Crippen molar-refractivity contribution in [1.82, 2.24) is 4.90 Å². The van der Waals surface area contributed by atoms with Gasteiger partial charge in [0, 0.05) is 6.54 Å². The third kappa shape index (κ3) is 7.76. The van der Waals surface area contributed by atoms with Crippen molar-refractivity contribution in [2.75, 3.05) is 48.6 Å². The molecule has 202 valence electrons. The lowest BCUT2D eigenvalue weighted by atomic mass is 9.97. The van der Waals surface area contributed by atoms with Gasteiger partial charge in [-0.25, -0.2) is 9.59 Å². The lowest BCUT2D eigenvalue weighted by molar-refractivity contribution is -0.159. The van der Waals surface area contributed by atoms with Gasteiger partial charge >= 0.3 is 11.9 Å². The number of aliphatic hydroxyl groups excluding tert-OH is 1. The number of methoxy groups -OCH3 is 3. The fraction of sp³-hybridized carbons (Fsp3) is 0.385. The van der Waals surface area contributed by atoms with Crippen LogP contribution in [0.15, 0.2) is 41.0 Å². The van der Waals surface area contributed by atoms with E-state index in [1.807, 2.05) is 43.3 Å². The molecule has 1 atom stereocenters. The number of likely N-dealkylation sites (N-methyl/N-ethyl adjacent to an activating group) is 1. The van der Waals surface area contributed by atoms with Crippen molar-refractivity contribution in [3.63, 3.8) is 0 Å². The van der Waals surface area contributed by atoms with Crippen LogP contribution in [0, 0.1) is 0 Å². The number of hydrogen-bond acceptors (Lipinski definition) is 9. The monoisotopic (exact) mass is 519 g/mol. The number of ether oxygens (including phenoxy) is 4. The van der Waals surface area contributed by atoms with Gasteiger partial charge in [0.1, 0.15) is 18.1 Å². The van der Waals surface area contributed by atoms with E-state index < -0.39 is 18.0 Å². The number of aryl methyl sites for hydroxylation is 1. The van der Waals surface area contributed by atoms with Gasteiger partial charge in [-0.15, -0.1) is 0 Å². The first-order valence-corrected chi connectivity index (χ1v) is 11.3. The largest absolute Gasteiger partial charge is 0.497 e. The maximum Gasteiger partial charge on any atom is 0.414 e. The van der Waals surface area contributed by atoms with E-state index in [1.54, 1.807) is 33.7 Å². The topological polar surface area (TPSA) is 148 Å². The minimum absolute atomic E-state index is 0.428. The van der Waals surface area contributed by atoms with Crippen LogP contribution in [0.1, 0.15) is 23.7 Å². The first-order chi connectivity index (χ1) is 17.6. The van der Waals surface area contributed by atoms with Gasteiger partial charge in [0.2, 0.25) is 5.75 Å². The molecule has 0 fully saturated rings. The first kappa shape index (κ1) is 29.3. The van der Waals surface area contributed by atoms with E-state index in [1.165, 1.54) is 0 Å². The maximum atomic E-state index is 11.2. The van der Waals surface area contributed by atoms with Gasteiger partial charge in [-0.1, -0.05) is 12.1 Å². The third-order valence-corrected chi connectivity index (χ3v) is 5.39. The Kier molecular flexibility index (Phi) is 11.0. The summed E-state index contributed by atoms with van der Waals surface area (Å²) in [6.45, 7) is 1.14. The number of nitrogens with zero attached hydrogens (tertiary/aromatic N) is 1. The smallest absolute Gasteiger partial charge is 0.414 e. The summed E-state index contributed by atoms with van der Waals surface area (Å²) in [5.74, 6) is -1.40. The molecule has 0 aliphatic heterocycles.